The highest BCUT2D eigenvalue weighted by Crippen LogP contribution is 2.36. The molecule has 178 valence electrons. The monoisotopic (exact) mass is 469 g/mol. The third-order valence-electron chi connectivity index (χ3n) is 5.41. The van der Waals surface area contributed by atoms with Gasteiger partial charge < -0.3 is 20.4 Å². The van der Waals surface area contributed by atoms with Gasteiger partial charge in [-0.1, -0.05) is 35.6 Å². The molecule has 1 fully saturated rings. The molecule has 2 N–H and O–H groups in total. The summed E-state index contributed by atoms with van der Waals surface area (Å²) in [6, 6.07) is 8.31. The van der Waals surface area contributed by atoms with E-state index < -0.39 is 0 Å². The number of fused-ring (bicyclic) bond motifs is 1. The molecule has 2 amide bonds. The van der Waals surface area contributed by atoms with Crippen molar-refractivity contribution in [3.63, 3.8) is 0 Å². The third kappa shape index (κ3) is 5.24. The van der Waals surface area contributed by atoms with E-state index in [0.29, 0.717) is 13.1 Å². The Bertz CT molecular complexity index is 1140. The highest BCUT2D eigenvalue weighted by atomic mass is 32.1. The predicted octanol–water partition coefficient (Wildman–Crippen LogP) is 4.61. The molecule has 3 heterocycles. The van der Waals surface area contributed by atoms with Gasteiger partial charge in [0, 0.05) is 42.8 Å². The molecule has 0 spiro atoms. The first-order valence-corrected chi connectivity index (χ1v) is 12.3. The molecule has 8 nitrogen and oxygen atoms in total. The molecule has 0 radical (unpaired) electrons. The van der Waals surface area contributed by atoms with Crippen LogP contribution in [0, 0.1) is 6.92 Å². The Hall–Kier alpha value is -2.81. The number of carbonyl (C=O) groups excluding carboxylic acids is 1. The zero-order valence-corrected chi connectivity index (χ0v) is 21.5. The average Bonchev–Trinajstić information content (AvgIpc) is 3.26. The van der Waals surface area contributed by atoms with Crippen molar-refractivity contribution in [2.45, 2.75) is 59.5 Å². The van der Waals surface area contributed by atoms with Crippen LogP contribution in [0.25, 0.3) is 16.2 Å². The molecule has 2 aromatic heterocycles. The van der Waals surface area contributed by atoms with Gasteiger partial charge in [0.2, 0.25) is 10.1 Å². The molecule has 0 aliphatic carbocycles. The van der Waals surface area contributed by atoms with Crippen molar-refractivity contribution in [3.05, 3.63) is 29.8 Å². The van der Waals surface area contributed by atoms with Gasteiger partial charge in [0.05, 0.1) is 0 Å². The van der Waals surface area contributed by atoms with Gasteiger partial charge in [-0.3, -0.25) is 0 Å². The number of anilines is 2. The van der Waals surface area contributed by atoms with Crippen LogP contribution in [-0.2, 0) is 0 Å². The zero-order chi connectivity index (χ0) is 24.0. The highest BCUT2D eigenvalue weighted by Gasteiger charge is 2.28. The van der Waals surface area contributed by atoms with Gasteiger partial charge in [0.25, 0.3) is 0 Å². The first-order valence-electron chi connectivity index (χ1n) is 11.5. The number of aryl methyl sites for hydroxylation is 1. The minimum atomic E-state index is -0.236. The highest BCUT2D eigenvalue weighted by molar-refractivity contribution is 7.20. The van der Waals surface area contributed by atoms with E-state index in [0.717, 1.165) is 40.3 Å². The third-order valence-corrected chi connectivity index (χ3v) is 6.38. The van der Waals surface area contributed by atoms with E-state index in [1.165, 1.54) is 5.56 Å². The van der Waals surface area contributed by atoms with Crippen molar-refractivity contribution in [1.29, 1.82) is 0 Å². The Morgan fingerprint density at radius 1 is 1.00 bits per heavy atom. The van der Waals surface area contributed by atoms with Crippen LogP contribution in [0.3, 0.4) is 0 Å². The van der Waals surface area contributed by atoms with Gasteiger partial charge in [0.15, 0.2) is 5.82 Å². The summed E-state index contributed by atoms with van der Waals surface area (Å²) in [5.74, 6) is 0.914. The molecule has 1 saturated heterocycles. The van der Waals surface area contributed by atoms with Crippen LogP contribution in [0.4, 0.5) is 15.7 Å². The van der Waals surface area contributed by atoms with E-state index in [4.69, 9.17) is 10.1 Å². The number of amides is 2. The lowest BCUT2D eigenvalue weighted by atomic mass is 10.0. The number of piperazine rings is 1. The van der Waals surface area contributed by atoms with Crippen molar-refractivity contribution in [2.75, 3.05) is 36.4 Å². The van der Waals surface area contributed by atoms with Crippen LogP contribution >= 0.6 is 11.3 Å². The minimum Gasteiger partial charge on any atom is -0.364 e. The Labute approximate surface area is 200 Å². The van der Waals surface area contributed by atoms with Crippen LogP contribution < -0.4 is 15.5 Å². The molecule has 1 aromatic carbocycles. The molecule has 9 heteroatoms. The van der Waals surface area contributed by atoms with Gasteiger partial charge in [-0.05, 0) is 54.0 Å². The van der Waals surface area contributed by atoms with Crippen molar-refractivity contribution in [3.8, 4) is 11.3 Å². The Balaban J connectivity index is 1.59. The quantitative estimate of drug-likeness (QED) is 0.586. The molecule has 0 unspecified atom stereocenters. The number of benzene rings is 1. The fourth-order valence-corrected chi connectivity index (χ4v) is 4.81. The van der Waals surface area contributed by atoms with E-state index in [2.05, 4.69) is 55.4 Å². The molecule has 0 atom stereocenters. The van der Waals surface area contributed by atoms with Crippen LogP contribution in [0.15, 0.2) is 24.3 Å². The summed E-state index contributed by atoms with van der Waals surface area (Å²) in [7, 11) is 0. The van der Waals surface area contributed by atoms with Crippen molar-refractivity contribution < 1.29 is 4.79 Å². The summed E-state index contributed by atoms with van der Waals surface area (Å²) >= 11 is 1.59. The summed E-state index contributed by atoms with van der Waals surface area (Å²) < 4.78 is 1.94. The molecule has 33 heavy (non-hydrogen) atoms. The smallest absolute Gasteiger partial charge is 0.317 e. The number of nitrogens with zero attached hydrogens (tertiary/aromatic N) is 5. The maximum Gasteiger partial charge on any atom is 0.317 e. The van der Waals surface area contributed by atoms with Crippen molar-refractivity contribution >= 4 is 33.3 Å². The topological polar surface area (TPSA) is 77.8 Å². The first-order chi connectivity index (χ1) is 15.4. The van der Waals surface area contributed by atoms with E-state index in [9.17, 15) is 4.79 Å². The lowest BCUT2D eigenvalue weighted by molar-refractivity contribution is 0.185. The molecule has 0 bridgehead atoms. The lowest BCUT2D eigenvalue weighted by Crippen LogP contribution is -2.55. The van der Waals surface area contributed by atoms with E-state index in [-0.39, 0.29) is 17.1 Å². The van der Waals surface area contributed by atoms with Crippen molar-refractivity contribution in [1.82, 2.24) is 24.8 Å². The number of urea groups is 1. The molecule has 4 rings (SSSR count). The summed E-state index contributed by atoms with van der Waals surface area (Å²) in [6.45, 7) is 17.4. The van der Waals surface area contributed by atoms with E-state index in [1.54, 1.807) is 11.3 Å². The van der Waals surface area contributed by atoms with Crippen molar-refractivity contribution in [2.24, 2.45) is 0 Å². The number of hydrogen-bond acceptors (Lipinski definition) is 6. The average molecular weight is 470 g/mol. The lowest BCUT2D eigenvalue weighted by Gasteiger charge is -2.36. The fraction of sp³-hybridized carbons (Fsp3) is 0.542. The summed E-state index contributed by atoms with van der Waals surface area (Å²) in [6.07, 6.45) is 0. The SMILES string of the molecule is Cc1ccccc1-c1nc2sc(N3CCN(C(=O)NC(C)(C)C)CC3)nn2c1NC(C)(C)C. The number of carbonyl (C=O) groups is 1. The maximum absolute atomic E-state index is 12.5. The maximum atomic E-state index is 12.5. The molecule has 1 aliphatic rings. The van der Waals surface area contributed by atoms with Gasteiger partial charge in [0.1, 0.15) is 5.69 Å². The van der Waals surface area contributed by atoms with Gasteiger partial charge in [-0.25, -0.2) is 9.78 Å². The normalized spacial score (nSPS) is 15.2. The Morgan fingerprint density at radius 3 is 2.27 bits per heavy atom. The zero-order valence-electron chi connectivity index (χ0n) is 20.7. The van der Waals surface area contributed by atoms with Gasteiger partial charge in [-0.15, -0.1) is 5.10 Å². The number of imidazole rings is 1. The standard InChI is InChI=1S/C24H35N7OS/c1-16-10-8-9-11-17(16)18-19(26-23(2,3)4)31-21(25-18)33-22(28-31)30-14-12-29(13-15-30)20(32)27-24(5,6)7/h8-11,26H,12-15H2,1-7H3,(H,27,32). The van der Waals surface area contributed by atoms with Crippen LogP contribution in [0.1, 0.15) is 47.1 Å². The molecule has 0 saturated carbocycles. The summed E-state index contributed by atoms with van der Waals surface area (Å²) in [5.41, 5.74) is 2.85. The second-order valence-electron chi connectivity index (χ2n) is 10.7. The van der Waals surface area contributed by atoms with Gasteiger partial charge in [-0.2, -0.15) is 4.52 Å². The van der Waals surface area contributed by atoms with Crippen LogP contribution in [0.5, 0.6) is 0 Å². The number of nitrogens with one attached hydrogen (secondary N) is 2. The van der Waals surface area contributed by atoms with E-state index >= 15 is 0 Å². The second kappa shape index (κ2) is 8.52. The summed E-state index contributed by atoms with van der Waals surface area (Å²) in [4.78, 5) is 22.5. The fourth-order valence-electron chi connectivity index (χ4n) is 3.86. The molecule has 3 aromatic rings. The molecule has 1 aliphatic heterocycles. The Morgan fingerprint density at radius 2 is 1.67 bits per heavy atom. The largest absolute Gasteiger partial charge is 0.364 e. The van der Waals surface area contributed by atoms with Gasteiger partial charge >= 0.3 is 6.03 Å². The summed E-state index contributed by atoms with van der Waals surface area (Å²) in [5, 5.41) is 12.5. The van der Waals surface area contributed by atoms with Crippen LogP contribution in [0.2, 0.25) is 0 Å². The molecular formula is C24H35N7OS. The predicted molar refractivity (Wildman–Crippen MR) is 136 cm³/mol. The Kier molecular flexibility index (Phi) is 6.03. The van der Waals surface area contributed by atoms with E-state index in [1.807, 2.05) is 42.3 Å². The molecular weight excluding hydrogens is 434 g/mol. The second-order valence-corrected chi connectivity index (χ2v) is 11.7. The number of hydrogen-bond donors (Lipinski definition) is 2. The number of rotatable bonds is 3. The minimum absolute atomic E-state index is 0.00405. The number of aromatic nitrogens is 3. The first kappa shape index (κ1) is 23.4. The van der Waals surface area contributed by atoms with Crippen LogP contribution in [-0.4, -0.2) is 62.8 Å².